The van der Waals surface area contributed by atoms with Gasteiger partial charge in [0.2, 0.25) is 0 Å². The molecule has 0 heterocycles. The van der Waals surface area contributed by atoms with Crippen molar-refractivity contribution >= 4 is 28.8 Å². The maximum absolute atomic E-state index is 11.2. The van der Waals surface area contributed by atoms with Crippen LogP contribution in [0.2, 0.25) is 0 Å². The minimum Gasteiger partial charge on any atom is -0.379 e. The number of hydrogen-bond acceptors (Lipinski definition) is 5. The highest BCUT2D eigenvalue weighted by molar-refractivity contribution is 7.98. The second kappa shape index (κ2) is 7.81. The number of thioether (sulfide) groups is 1. The van der Waals surface area contributed by atoms with Gasteiger partial charge < -0.3 is 10.6 Å². The van der Waals surface area contributed by atoms with Crippen LogP contribution in [0.5, 0.6) is 0 Å². The predicted molar refractivity (Wildman–Crippen MR) is 78.7 cm³/mol. The number of anilines is 2. The molecule has 6 heteroatoms. The van der Waals surface area contributed by atoms with E-state index in [1.165, 1.54) is 0 Å². The third-order valence-electron chi connectivity index (χ3n) is 2.41. The van der Waals surface area contributed by atoms with Gasteiger partial charge in [0.25, 0.3) is 0 Å². The zero-order chi connectivity index (χ0) is 13.4. The molecule has 0 aliphatic carbocycles. The molecular formula is C12H19N3O2S. The number of nitrogens with one attached hydrogen (secondary N) is 2. The molecule has 0 amide bonds. The van der Waals surface area contributed by atoms with Gasteiger partial charge in [-0.3, -0.25) is 10.1 Å². The summed E-state index contributed by atoms with van der Waals surface area (Å²) in [6.07, 6.45) is 2.94. The standard InChI is InChI=1S/C12H19N3O2S/c1-3-7-13-10-5-4-6-11(12(10)15(16)17)14-8-9-18-2/h4-6,13-14H,3,7-9H2,1-2H3. The number of nitrogens with zero attached hydrogens (tertiary/aromatic N) is 1. The molecule has 1 aromatic carbocycles. The molecule has 0 radical (unpaired) electrons. The molecule has 18 heavy (non-hydrogen) atoms. The van der Waals surface area contributed by atoms with Gasteiger partial charge in [0, 0.05) is 18.8 Å². The molecule has 0 bridgehead atoms. The number of nitro groups is 1. The van der Waals surface area contributed by atoms with Crippen LogP contribution >= 0.6 is 11.8 Å². The summed E-state index contributed by atoms with van der Waals surface area (Å²) in [5.41, 5.74) is 1.29. The van der Waals surface area contributed by atoms with Crippen LogP contribution in [0.3, 0.4) is 0 Å². The Hall–Kier alpha value is -1.43. The van der Waals surface area contributed by atoms with Gasteiger partial charge in [-0.2, -0.15) is 11.8 Å². The van der Waals surface area contributed by atoms with Crippen LogP contribution in [-0.2, 0) is 0 Å². The molecule has 0 spiro atoms. The molecule has 2 N–H and O–H groups in total. The fraction of sp³-hybridized carbons (Fsp3) is 0.500. The van der Waals surface area contributed by atoms with Gasteiger partial charge in [0.1, 0.15) is 11.4 Å². The van der Waals surface area contributed by atoms with E-state index < -0.39 is 0 Å². The van der Waals surface area contributed by atoms with Crippen molar-refractivity contribution < 1.29 is 4.92 Å². The largest absolute Gasteiger partial charge is 0.379 e. The lowest BCUT2D eigenvalue weighted by atomic mass is 10.2. The fourth-order valence-corrected chi connectivity index (χ4v) is 1.88. The van der Waals surface area contributed by atoms with Gasteiger partial charge in [-0.15, -0.1) is 0 Å². The summed E-state index contributed by atoms with van der Waals surface area (Å²) in [6, 6.07) is 5.32. The van der Waals surface area contributed by atoms with E-state index in [4.69, 9.17) is 0 Å². The van der Waals surface area contributed by atoms with Crippen LogP contribution in [-0.4, -0.2) is 30.0 Å². The maximum Gasteiger partial charge on any atom is 0.315 e. The van der Waals surface area contributed by atoms with E-state index in [0.717, 1.165) is 25.3 Å². The Morgan fingerprint density at radius 1 is 1.28 bits per heavy atom. The highest BCUT2D eigenvalue weighted by Crippen LogP contribution is 2.32. The first-order chi connectivity index (χ1) is 8.70. The molecule has 1 aromatic rings. The minimum absolute atomic E-state index is 0.132. The number of rotatable bonds is 8. The van der Waals surface area contributed by atoms with E-state index in [2.05, 4.69) is 10.6 Å². The lowest BCUT2D eigenvalue weighted by molar-refractivity contribution is -0.383. The topological polar surface area (TPSA) is 67.2 Å². The SMILES string of the molecule is CCCNc1cccc(NCCSC)c1[N+](=O)[O-]. The van der Waals surface area contributed by atoms with E-state index in [1.54, 1.807) is 23.9 Å². The van der Waals surface area contributed by atoms with Crippen LogP contribution in [0.25, 0.3) is 0 Å². The summed E-state index contributed by atoms with van der Waals surface area (Å²) in [7, 11) is 0. The van der Waals surface area contributed by atoms with Gasteiger partial charge in [-0.1, -0.05) is 13.0 Å². The maximum atomic E-state index is 11.2. The molecule has 0 aromatic heterocycles. The van der Waals surface area contributed by atoms with Gasteiger partial charge in [-0.25, -0.2) is 0 Å². The Morgan fingerprint density at radius 2 is 1.89 bits per heavy atom. The third-order valence-corrected chi connectivity index (χ3v) is 3.02. The Labute approximate surface area is 111 Å². The van der Waals surface area contributed by atoms with E-state index in [1.807, 2.05) is 19.2 Å². The first-order valence-electron chi connectivity index (χ1n) is 5.94. The molecule has 0 saturated carbocycles. The lowest BCUT2D eigenvalue weighted by Crippen LogP contribution is -2.09. The summed E-state index contributed by atoms with van der Waals surface area (Å²) >= 11 is 1.71. The van der Waals surface area contributed by atoms with E-state index in [9.17, 15) is 10.1 Å². The normalized spacial score (nSPS) is 10.1. The Bertz CT molecular complexity index is 399. The molecule has 0 fully saturated rings. The molecule has 0 aliphatic rings. The molecule has 5 nitrogen and oxygen atoms in total. The van der Waals surface area contributed by atoms with Crippen molar-refractivity contribution in [3.63, 3.8) is 0 Å². The zero-order valence-corrected chi connectivity index (χ0v) is 11.5. The van der Waals surface area contributed by atoms with Crippen molar-refractivity contribution in [1.82, 2.24) is 0 Å². The second-order valence-corrected chi connectivity index (χ2v) is 4.79. The smallest absolute Gasteiger partial charge is 0.315 e. The summed E-state index contributed by atoms with van der Waals surface area (Å²) in [5, 5.41) is 17.4. The van der Waals surface area contributed by atoms with Crippen molar-refractivity contribution in [2.45, 2.75) is 13.3 Å². The number of benzene rings is 1. The zero-order valence-electron chi connectivity index (χ0n) is 10.7. The molecule has 0 unspecified atom stereocenters. The summed E-state index contributed by atoms with van der Waals surface area (Å²) < 4.78 is 0. The molecular weight excluding hydrogens is 250 g/mol. The van der Waals surface area contributed by atoms with Gasteiger partial charge in [0.05, 0.1) is 4.92 Å². The highest BCUT2D eigenvalue weighted by atomic mass is 32.2. The van der Waals surface area contributed by atoms with Crippen LogP contribution < -0.4 is 10.6 Å². The van der Waals surface area contributed by atoms with Gasteiger partial charge in [-0.05, 0) is 24.8 Å². The lowest BCUT2D eigenvalue weighted by Gasteiger charge is -2.10. The predicted octanol–water partition coefficient (Wildman–Crippen LogP) is 3.19. The Kier molecular flexibility index (Phi) is 6.35. The van der Waals surface area contributed by atoms with E-state index >= 15 is 0 Å². The molecule has 0 atom stereocenters. The fourth-order valence-electron chi connectivity index (χ4n) is 1.57. The highest BCUT2D eigenvalue weighted by Gasteiger charge is 2.18. The number of hydrogen-bond donors (Lipinski definition) is 2. The van der Waals surface area contributed by atoms with Crippen molar-refractivity contribution in [2.75, 3.05) is 35.7 Å². The van der Waals surface area contributed by atoms with Gasteiger partial charge in [0.15, 0.2) is 0 Å². The van der Waals surface area contributed by atoms with Crippen LogP contribution in [0, 0.1) is 10.1 Å². The van der Waals surface area contributed by atoms with Gasteiger partial charge >= 0.3 is 5.69 Å². The molecule has 0 aliphatic heterocycles. The first-order valence-corrected chi connectivity index (χ1v) is 7.34. The average Bonchev–Trinajstić information content (AvgIpc) is 2.36. The van der Waals surface area contributed by atoms with Crippen LogP contribution in [0.4, 0.5) is 17.1 Å². The van der Waals surface area contributed by atoms with Crippen LogP contribution in [0.15, 0.2) is 18.2 Å². The van der Waals surface area contributed by atoms with Crippen molar-refractivity contribution in [1.29, 1.82) is 0 Å². The molecule has 0 saturated heterocycles. The quantitative estimate of drug-likeness (QED) is 0.431. The Morgan fingerprint density at radius 3 is 2.39 bits per heavy atom. The summed E-state index contributed by atoms with van der Waals surface area (Å²) in [4.78, 5) is 10.8. The second-order valence-electron chi connectivity index (χ2n) is 3.81. The number of nitro benzene ring substituents is 1. The molecule has 100 valence electrons. The third kappa shape index (κ3) is 4.10. The summed E-state index contributed by atoms with van der Waals surface area (Å²) in [5.74, 6) is 0.920. The monoisotopic (exact) mass is 269 g/mol. The Balaban J connectivity index is 2.90. The molecule has 1 rings (SSSR count). The van der Waals surface area contributed by atoms with Crippen molar-refractivity contribution in [3.05, 3.63) is 28.3 Å². The van der Waals surface area contributed by atoms with E-state index in [-0.39, 0.29) is 10.6 Å². The summed E-state index contributed by atoms with van der Waals surface area (Å²) in [6.45, 7) is 3.48. The van der Waals surface area contributed by atoms with Crippen LogP contribution in [0.1, 0.15) is 13.3 Å². The minimum atomic E-state index is -0.334. The number of para-hydroxylation sites is 1. The van der Waals surface area contributed by atoms with E-state index in [0.29, 0.717) is 11.4 Å². The average molecular weight is 269 g/mol. The van der Waals surface area contributed by atoms with Crippen molar-refractivity contribution in [3.8, 4) is 0 Å². The first kappa shape index (κ1) is 14.6. The van der Waals surface area contributed by atoms with Crippen molar-refractivity contribution in [2.24, 2.45) is 0 Å².